The summed E-state index contributed by atoms with van der Waals surface area (Å²) >= 11 is 0. The van der Waals surface area contributed by atoms with Crippen LogP contribution >= 0.6 is 0 Å². The largest absolute Gasteiger partial charge is 0.392 e. The highest BCUT2D eigenvalue weighted by Gasteiger charge is 2.43. The van der Waals surface area contributed by atoms with E-state index in [9.17, 15) is 13.9 Å². The Morgan fingerprint density at radius 2 is 2.17 bits per heavy atom. The molecular formula is C12H16F2N2O2. The maximum Gasteiger partial charge on any atom is 0.132 e. The molecule has 1 aliphatic heterocycles. The van der Waals surface area contributed by atoms with Crippen LogP contribution < -0.4 is 5.73 Å². The van der Waals surface area contributed by atoms with Crippen LogP contribution in [0.4, 0.5) is 8.78 Å². The van der Waals surface area contributed by atoms with Crippen molar-refractivity contribution in [3.63, 3.8) is 0 Å². The number of aliphatic hydroxyl groups excluding tert-OH is 2. The van der Waals surface area contributed by atoms with Crippen molar-refractivity contribution in [1.82, 2.24) is 4.90 Å². The van der Waals surface area contributed by atoms with Gasteiger partial charge in [-0.25, -0.2) is 8.78 Å². The Labute approximate surface area is 104 Å². The zero-order valence-corrected chi connectivity index (χ0v) is 9.81. The number of nitrogens with zero attached hydrogens (tertiary/aromatic N) is 1. The van der Waals surface area contributed by atoms with Crippen LogP contribution in [-0.2, 0) is 5.66 Å². The summed E-state index contributed by atoms with van der Waals surface area (Å²) < 4.78 is 27.0. The van der Waals surface area contributed by atoms with Gasteiger partial charge < -0.3 is 15.9 Å². The maximum absolute atomic E-state index is 13.8. The number of hydrogen-bond donors (Lipinski definition) is 3. The molecule has 2 rings (SSSR count). The molecule has 0 amide bonds. The highest BCUT2D eigenvalue weighted by atomic mass is 19.1. The second-order valence-corrected chi connectivity index (χ2v) is 4.51. The lowest BCUT2D eigenvalue weighted by Gasteiger charge is -2.38. The van der Waals surface area contributed by atoms with Gasteiger partial charge in [0.1, 0.15) is 23.5 Å². The lowest BCUT2D eigenvalue weighted by Crippen LogP contribution is -2.54. The predicted octanol–water partition coefficient (Wildman–Crippen LogP) is 0.483. The highest BCUT2D eigenvalue weighted by molar-refractivity contribution is 5.27. The minimum absolute atomic E-state index is 0.00694. The van der Waals surface area contributed by atoms with Gasteiger partial charge in [-0.1, -0.05) is 0 Å². The van der Waals surface area contributed by atoms with E-state index in [1.54, 1.807) is 0 Å². The second kappa shape index (κ2) is 4.89. The van der Waals surface area contributed by atoms with Crippen LogP contribution in [0.25, 0.3) is 0 Å². The molecule has 6 heteroatoms. The molecule has 1 aromatic rings. The third kappa shape index (κ3) is 2.12. The number of hydrogen-bond acceptors (Lipinski definition) is 4. The van der Waals surface area contributed by atoms with E-state index in [0.717, 1.165) is 18.2 Å². The van der Waals surface area contributed by atoms with E-state index >= 15 is 0 Å². The van der Waals surface area contributed by atoms with Crippen molar-refractivity contribution in [3.8, 4) is 0 Å². The van der Waals surface area contributed by atoms with Crippen molar-refractivity contribution in [1.29, 1.82) is 0 Å². The Morgan fingerprint density at radius 3 is 2.83 bits per heavy atom. The molecule has 1 unspecified atom stereocenters. The molecule has 100 valence electrons. The Hall–Kier alpha value is -1.08. The molecule has 1 heterocycles. The first-order valence-electron chi connectivity index (χ1n) is 5.79. The molecule has 4 N–H and O–H groups in total. The summed E-state index contributed by atoms with van der Waals surface area (Å²) in [6.07, 6.45) is -0.145. The number of nitrogens with two attached hydrogens (primary N) is 1. The normalized spacial score (nSPS) is 26.5. The van der Waals surface area contributed by atoms with Crippen molar-refractivity contribution in [3.05, 3.63) is 35.4 Å². The standard InChI is InChI=1S/C12H16F2N2O2/c13-8-2-3-10(14)9(6-8)12(15)4-1-5-16(12)11(18)7-17/h2-3,6,11,17-18H,1,4-5,7,15H2/t11?,12-/m1/s1. The smallest absolute Gasteiger partial charge is 0.132 e. The van der Waals surface area contributed by atoms with E-state index in [4.69, 9.17) is 10.8 Å². The van der Waals surface area contributed by atoms with Gasteiger partial charge in [0.05, 0.1) is 6.61 Å². The molecule has 1 fully saturated rings. The SMILES string of the molecule is N[C@]1(c2cc(F)ccc2F)CCCN1C(O)CO. The highest BCUT2D eigenvalue weighted by Crippen LogP contribution is 2.36. The Balaban J connectivity index is 2.43. The Morgan fingerprint density at radius 1 is 1.44 bits per heavy atom. The Bertz CT molecular complexity index is 444. The van der Waals surface area contributed by atoms with E-state index in [2.05, 4.69) is 0 Å². The van der Waals surface area contributed by atoms with Crippen molar-refractivity contribution < 1.29 is 19.0 Å². The summed E-state index contributed by atoms with van der Waals surface area (Å²) in [5.74, 6) is -1.20. The number of halogens is 2. The van der Waals surface area contributed by atoms with Crippen LogP contribution in [0.15, 0.2) is 18.2 Å². The number of rotatable bonds is 3. The minimum Gasteiger partial charge on any atom is -0.392 e. The molecule has 2 atom stereocenters. The molecule has 1 aromatic carbocycles. The number of likely N-dealkylation sites (tertiary alicyclic amines) is 1. The fraction of sp³-hybridized carbons (Fsp3) is 0.500. The number of benzene rings is 1. The van der Waals surface area contributed by atoms with Gasteiger partial charge >= 0.3 is 0 Å². The third-order valence-electron chi connectivity index (χ3n) is 3.39. The molecule has 4 nitrogen and oxygen atoms in total. The lowest BCUT2D eigenvalue weighted by molar-refractivity contribution is -0.0758. The first kappa shape index (κ1) is 13.4. The summed E-state index contributed by atoms with van der Waals surface area (Å²) in [7, 11) is 0. The van der Waals surface area contributed by atoms with E-state index < -0.39 is 30.1 Å². The van der Waals surface area contributed by atoms with Gasteiger partial charge in [0, 0.05) is 12.1 Å². The van der Waals surface area contributed by atoms with Crippen molar-refractivity contribution in [2.45, 2.75) is 24.7 Å². The molecule has 18 heavy (non-hydrogen) atoms. The van der Waals surface area contributed by atoms with Gasteiger partial charge in [-0.15, -0.1) is 0 Å². The van der Waals surface area contributed by atoms with Crippen LogP contribution in [0.3, 0.4) is 0 Å². The van der Waals surface area contributed by atoms with Gasteiger partial charge in [0.15, 0.2) is 0 Å². The molecule has 0 aliphatic carbocycles. The van der Waals surface area contributed by atoms with Crippen LogP contribution in [0.2, 0.25) is 0 Å². The third-order valence-corrected chi connectivity index (χ3v) is 3.39. The summed E-state index contributed by atoms with van der Waals surface area (Å²) in [6.45, 7) is -0.0793. The zero-order chi connectivity index (χ0) is 13.3. The number of aliphatic hydroxyl groups is 2. The Kier molecular flexibility index (Phi) is 3.63. The predicted molar refractivity (Wildman–Crippen MR) is 61.3 cm³/mol. The summed E-state index contributed by atoms with van der Waals surface area (Å²) in [5.41, 5.74) is 4.84. The summed E-state index contributed by atoms with van der Waals surface area (Å²) in [5, 5.41) is 18.7. The van der Waals surface area contributed by atoms with Crippen LogP contribution in [0.5, 0.6) is 0 Å². The van der Waals surface area contributed by atoms with E-state index in [1.165, 1.54) is 4.90 Å². The average Bonchev–Trinajstić information content (AvgIpc) is 2.74. The summed E-state index contributed by atoms with van der Waals surface area (Å²) in [4.78, 5) is 1.39. The van der Waals surface area contributed by atoms with Crippen molar-refractivity contribution >= 4 is 0 Å². The fourth-order valence-corrected chi connectivity index (χ4v) is 2.49. The van der Waals surface area contributed by atoms with Gasteiger partial charge in [-0.3, -0.25) is 4.90 Å². The van der Waals surface area contributed by atoms with E-state index in [1.807, 2.05) is 0 Å². The van der Waals surface area contributed by atoms with Crippen LogP contribution in [0, 0.1) is 11.6 Å². The zero-order valence-electron chi connectivity index (χ0n) is 9.81. The van der Waals surface area contributed by atoms with Gasteiger partial charge in [-0.2, -0.15) is 0 Å². The first-order chi connectivity index (χ1) is 8.49. The van der Waals surface area contributed by atoms with Crippen LogP contribution in [-0.4, -0.2) is 34.5 Å². The quantitative estimate of drug-likeness (QED) is 0.737. The molecular weight excluding hydrogens is 242 g/mol. The first-order valence-corrected chi connectivity index (χ1v) is 5.79. The molecule has 0 saturated carbocycles. The van der Waals surface area contributed by atoms with E-state index in [0.29, 0.717) is 19.4 Å². The van der Waals surface area contributed by atoms with Gasteiger partial charge in [0.25, 0.3) is 0 Å². The average molecular weight is 258 g/mol. The maximum atomic E-state index is 13.8. The minimum atomic E-state index is -1.28. The molecule has 1 aliphatic rings. The second-order valence-electron chi connectivity index (χ2n) is 4.51. The fourth-order valence-electron chi connectivity index (χ4n) is 2.49. The summed E-state index contributed by atoms with van der Waals surface area (Å²) in [6, 6.07) is 3.07. The molecule has 0 bridgehead atoms. The molecule has 0 spiro atoms. The molecule has 1 saturated heterocycles. The molecule has 0 radical (unpaired) electrons. The van der Waals surface area contributed by atoms with E-state index in [-0.39, 0.29) is 5.56 Å². The monoisotopic (exact) mass is 258 g/mol. The van der Waals surface area contributed by atoms with Gasteiger partial charge in [-0.05, 0) is 31.0 Å². The van der Waals surface area contributed by atoms with Crippen molar-refractivity contribution in [2.24, 2.45) is 5.73 Å². The van der Waals surface area contributed by atoms with Crippen LogP contribution in [0.1, 0.15) is 18.4 Å². The molecule has 0 aromatic heterocycles. The van der Waals surface area contributed by atoms with Gasteiger partial charge in [0.2, 0.25) is 0 Å². The lowest BCUT2D eigenvalue weighted by atomic mass is 9.96. The van der Waals surface area contributed by atoms with Crippen molar-refractivity contribution in [2.75, 3.05) is 13.2 Å². The topological polar surface area (TPSA) is 69.7 Å².